The van der Waals surface area contributed by atoms with Gasteiger partial charge >= 0.3 is 0 Å². The van der Waals surface area contributed by atoms with Gasteiger partial charge in [0.05, 0.1) is 11.8 Å². The van der Waals surface area contributed by atoms with Crippen LogP contribution < -0.4 is 10.6 Å². The fraction of sp³-hybridized carbons (Fsp3) is 0.421. The van der Waals surface area contributed by atoms with Gasteiger partial charge in [-0.1, -0.05) is 37.2 Å². The van der Waals surface area contributed by atoms with Crippen molar-refractivity contribution in [2.45, 2.75) is 40.0 Å². The molecule has 0 radical (unpaired) electrons. The zero-order valence-electron chi connectivity index (χ0n) is 14.9. The minimum Gasteiger partial charge on any atom is -0.360 e. The number of anilines is 2. The van der Waals surface area contributed by atoms with Crippen LogP contribution in [0.3, 0.4) is 0 Å². The molecular weight excluding hydrogens is 318 g/mol. The average Bonchev–Trinajstić information content (AvgIpc) is 3.26. The molecule has 6 nitrogen and oxygen atoms in total. The number of hydrogen-bond donors (Lipinski definition) is 2. The van der Waals surface area contributed by atoms with Crippen molar-refractivity contribution in [3.05, 3.63) is 41.2 Å². The topological polar surface area (TPSA) is 84.2 Å². The van der Waals surface area contributed by atoms with Crippen LogP contribution in [0.15, 0.2) is 28.8 Å². The highest BCUT2D eigenvalue weighted by Gasteiger charge is 2.48. The van der Waals surface area contributed by atoms with E-state index >= 15 is 0 Å². The van der Waals surface area contributed by atoms with E-state index in [1.807, 2.05) is 25.1 Å². The summed E-state index contributed by atoms with van der Waals surface area (Å²) in [6.07, 6.45) is 0.553. The van der Waals surface area contributed by atoms with E-state index in [9.17, 15) is 9.59 Å². The van der Waals surface area contributed by atoms with Crippen LogP contribution in [0.4, 0.5) is 11.5 Å². The smallest absolute Gasteiger partial charge is 0.229 e. The lowest BCUT2D eigenvalue weighted by atomic mass is 9.98. The van der Waals surface area contributed by atoms with Gasteiger partial charge in [0.2, 0.25) is 11.8 Å². The zero-order chi connectivity index (χ0) is 18.1. The third-order valence-corrected chi connectivity index (χ3v) is 4.52. The van der Waals surface area contributed by atoms with Gasteiger partial charge in [-0.2, -0.15) is 0 Å². The normalized spacial score (nSPS) is 18.9. The third-order valence-electron chi connectivity index (χ3n) is 4.52. The summed E-state index contributed by atoms with van der Waals surface area (Å²) in [4.78, 5) is 24.8. The second-order valence-electron chi connectivity index (χ2n) is 6.94. The quantitative estimate of drug-likeness (QED) is 0.870. The summed E-state index contributed by atoms with van der Waals surface area (Å²) in [5.74, 6) is 0.408. The van der Waals surface area contributed by atoms with Crippen LogP contribution in [0.1, 0.15) is 43.1 Å². The predicted molar refractivity (Wildman–Crippen MR) is 95.4 cm³/mol. The monoisotopic (exact) mass is 341 g/mol. The molecule has 0 saturated heterocycles. The summed E-state index contributed by atoms with van der Waals surface area (Å²) >= 11 is 0. The Morgan fingerprint density at radius 3 is 2.44 bits per heavy atom. The van der Waals surface area contributed by atoms with Crippen molar-refractivity contribution in [2.24, 2.45) is 11.8 Å². The molecule has 25 heavy (non-hydrogen) atoms. The first-order valence-corrected chi connectivity index (χ1v) is 8.51. The highest BCUT2D eigenvalue weighted by Crippen LogP contribution is 2.41. The van der Waals surface area contributed by atoms with E-state index in [4.69, 9.17) is 4.52 Å². The molecule has 1 aliphatic rings. The molecule has 132 valence electrons. The van der Waals surface area contributed by atoms with Gasteiger partial charge in [-0.15, -0.1) is 0 Å². The molecule has 1 aromatic heterocycles. The molecular formula is C19H23N3O3. The van der Waals surface area contributed by atoms with E-state index in [1.54, 1.807) is 13.0 Å². The molecule has 2 N–H and O–H groups in total. The van der Waals surface area contributed by atoms with Gasteiger partial charge in [0.25, 0.3) is 0 Å². The summed E-state index contributed by atoms with van der Waals surface area (Å²) in [5, 5.41) is 9.45. The van der Waals surface area contributed by atoms with Crippen molar-refractivity contribution in [3.8, 4) is 0 Å². The van der Waals surface area contributed by atoms with Crippen molar-refractivity contribution in [1.29, 1.82) is 0 Å². The lowest BCUT2D eigenvalue weighted by Gasteiger charge is -2.16. The Morgan fingerprint density at radius 2 is 1.84 bits per heavy atom. The SMILES string of the molecule is Cc1cc(NC(=O)C2CC2C(=O)Nc2c(C)cccc2C(C)C)no1. The van der Waals surface area contributed by atoms with Gasteiger partial charge in [-0.05, 0) is 37.3 Å². The Hall–Kier alpha value is -2.63. The van der Waals surface area contributed by atoms with Crippen molar-refractivity contribution < 1.29 is 14.1 Å². The van der Waals surface area contributed by atoms with Crippen LogP contribution in [0.25, 0.3) is 0 Å². The lowest BCUT2D eigenvalue weighted by molar-refractivity contribution is -0.122. The minimum absolute atomic E-state index is 0.104. The van der Waals surface area contributed by atoms with Gasteiger partial charge in [0, 0.05) is 11.8 Å². The molecule has 3 rings (SSSR count). The summed E-state index contributed by atoms with van der Waals surface area (Å²) < 4.78 is 4.92. The number of amides is 2. The number of nitrogens with zero attached hydrogens (tertiary/aromatic N) is 1. The van der Waals surface area contributed by atoms with Crippen molar-refractivity contribution in [1.82, 2.24) is 5.16 Å². The Kier molecular flexibility index (Phi) is 4.61. The predicted octanol–water partition coefficient (Wildman–Crippen LogP) is 3.63. The van der Waals surface area contributed by atoms with Crippen molar-refractivity contribution >= 4 is 23.3 Å². The third kappa shape index (κ3) is 3.73. The van der Waals surface area contributed by atoms with Crippen LogP contribution in [0.5, 0.6) is 0 Å². The fourth-order valence-corrected chi connectivity index (χ4v) is 2.98. The summed E-state index contributed by atoms with van der Waals surface area (Å²) in [6, 6.07) is 7.65. The van der Waals surface area contributed by atoms with E-state index in [2.05, 4.69) is 29.6 Å². The maximum Gasteiger partial charge on any atom is 0.229 e. The number of carbonyl (C=O) groups excluding carboxylic acids is 2. The Morgan fingerprint density at radius 1 is 1.16 bits per heavy atom. The largest absolute Gasteiger partial charge is 0.360 e. The molecule has 1 heterocycles. The maximum atomic E-state index is 12.5. The van der Waals surface area contributed by atoms with E-state index < -0.39 is 0 Å². The van der Waals surface area contributed by atoms with Gasteiger partial charge < -0.3 is 15.2 Å². The highest BCUT2D eigenvalue weighted by atomic mass is 16.5. The van der Waals surface area contributed by atoms with Crippen molar-refractivity contribution in [3.63, 3.8) is 0 Å². The number of aryl methyl sites for hydroxylation is 2. The Labute approximate surface area is 147 Å². The molecule has 0 bridgehead atoms. The van der Waals surface area contributed by atoms with E-state index in [1.165, 1.54) is 0 Å². The summed E-state index contributed by atoms with van der Waals surface area (Å²) in [6.45, 7) is 7.92. The molecule has 1 saturated carbocycles. The molecule has 1 aromatic carbocycles. The number of carbonyl (C=O) groups is 2. The van der Waals surface area contributed by atoms with Gasteiger partial charge in [-0.25, -0.2) is 0 Å². The highest BCUT2D eigenvalue weighted by molar-refractivity contribution is 6.03. The first-order chi connectivity index (χ1) is 11.9. The van der Waals surface area contributed by atoms with Crippen LogP contribution >= 0.6 is 0 Å². The number of aromatic nitrogens is 1. The van der Waals surface area contributed by atoms with Crippen LogP contribution in [0.2, 0.25) is 0 Å². The summed E-state index contributed by atoms with van der Waals surface area (Å²) in [5.41, 5.74) is 2.99. The molecule has 2 amide bonds. The first kappa shape index (κ1) is 17.2. The number of rotatable bonds is 5. The maximum absolute atomic E-state index is 12.5. The zero-order valence-corrected chi connectivity index (χ0v) is 14.9. The first-order valence-electron chi connectivity index (χ1n) is 8.51. The van der Waals surface area contributed by atoms with Crippen molar-refractivity contribution in [2.75, 3.05) is 10.6 Å². The van der Waals surface area contributed by atoms with Crippen LogP contribution in [-0.2, 0) is 9.59 Å². The van der Waals surface area contributed by atoms with E-state index in [-0.39, 0.29) is 23.7 Å². The second-order valence-corrected chi connectivity index (χ2v) is 6.94. The number of hydrogen-bond acceptors (Lipinski definition) is 4. The molecule has 1 aliphatic carbocycles. The van der Waals surface area contributed by atoms with Gasteiger partial charge in [-0.3, -0.25) is 9.59 Å². The molecule has 0 spiro atoms. The standard InChI is InChI=1S/C19H23N3O3/c1-10(2)13-7-5-6-11(3)17(13)21-19(24)15-9-14(15)18(23)20-16-8-12(4)25-22-16/h5-8,10,14-15H,9H2,1-4H3,(H,21,24)(H,20,22,23). The molecule has 1 fully saturated rings. The number of benzene rings is 1. The number of nitrogens with one attached hydrogen (secondary N) is 2. The number of para-hydroxylation sites is 1. The van der Waals surface area contributed by atoms with Gasteiger partial charge in [0.1, 0.15) is 5.76 Å². The van der Waals surface area contributed by atoms with Gasteiger partial charge in [0.15, 0.2) is 5.82 Å². The molecule has 0 aliphatic heterocycles. The van der Waals surface area contributed by atoms with E-state index in [0.717, 1.165) is 16.8 Å². The Balaban J connectivity index is 1.63. The van der Waals surface area contributed by atoms with E-state index in [0.29, 0.717) is 23.9 Å². The van der Waals surface area contributed by atoms with Crippen LogP contribution in [-0.4, -0.2) is 17.0 Å². The Bertz CT molecular complexity index is 810. The average molecular weight is 341 g/mol. The lowest BCUT2D eigenvalue weighted by Crippen LogP contribution is -2.21. The minimum atomic E-state index is -0.316. The second kappa shape index (κ2) is 6.70. The molecule has 2 atom stereocenters. The fourth-order valence-electron chi connectivity index (χ4n) is 2.98. The molecule has 2 aromatic rings. The molecule has 6 heteroatoms. The molecule has 2 unspecified atom stereocenters. The van der Waals surface area contributed by atoms with Crippen LogP contribution in [0, 0.1) is 25.7 Å². The summed E-state index contributed by atoms with van der Waals surface area (Å²) in [7, 11) is 0.